The predicted octanol–water partition coefficient (Wildman–Crippen LogP) is 5.07. The minimum Gasteiger partial charge on any atom is -0.337 e. The molecule has 4 rings (SSSR count). The number of halogens is 3. The summed E-state index contributed by atoms with van der Waals surface area (Å²) in [5, 5.41) is 3.76. The van der Waals surface area contributed by atoms with Crippen molar-refractivity contribution < 1.29 is 4.39 Å². The molecular formula is C16H9Cl2FN4. The number of hydrogen-bond donors (Lipinski definition) is 1. The molecule has 0 aliphatic carbocycles. The van der Waals surface area contributed by atoms with Gasteiger partial charge in [-0.25, -0.2) is 14.4 Å². The van der Waals surface area contributed by atoms with E-state index in [4.69, 9.17) is 23.2 Å². The summed E-state index contributed by atoms with van der Waals surface area (Å²) in [6.45, 7) is 0. The summed E-state index contributed by atoms with van der Waals surface area (Å²) >= 11 is 12.1. The predicted molar refractivity (Wildman–Crippen MR) is 90.2 cm³/mol. The Balaban J connectivity index is 1.92. The third-order valence-electron chi connectivity index (χ3n) is 3.47. The first-order valence-corrected chi connectivity index (χ1v) is 7.52. The Labute approximate surface area is 140 Å². The summed E-state index contributed by atoms with van der Waals surface area (Å²) in [5.74, 6) is 0.0638. The van der Waals surface area contributed by atoms with Gasteiger partial charge < -0.3 is 5.32 Å². The number of rotatable bonds is 2. The Kier molecular flexibility index (Phi) is 3.32. The number of nitrogens with one attached hydrogen (secondary N) is 1. The number of aromatic nitrogens is 3. The van der Waals surface area contributed by atoms with Gasteiger partial charge >= 0.3 is 0 Å². The molecule has 0 aliphatic heterocycles. The quantitative estimate of drug-likeness (QED) is 0.550. The molecule has 2 aromatic heterocycles. The molecule has 0 saturated carbocycles. The van der Waals surface area contributed by atoms with Crippen molar-refractivity contribution in [3.63, 3.8) is 0 Å². The van der Waals surface area contributed by atoms with Crippen molar-refractivity contribution in [3.8, 4) is 0 Å². The highest BCUT2D eigenvalue weighted by molar-refractivity contribution is 6.35. The molecule has 2 heterocycles. The lowest BCUT2D eigenvalue weighted by Crippen LogP contribution is -2.00. The van der Waals surface area contributed by atoms with Crippen molar-refractivity contribution in [2.24, 2.45) is 0 Å². The second-order valence-corrected chi connectivity index (χ2v) is 5.76. The van der Waals surface area contributed by atoms with Gasteiger partial charge in [0.05, 0.1) is 21.1 Å². The Morgan fingerprint density at radius 2 is 1.96 bits per heavy atom. The average molecular weight is 347 g/mol. The van der Waals surface area contributed by atoms with Gasteiger partial charge in [-0.2, -0.15) is 0 Å². The molecule has 114 valence electrons. The van der Waals surface area contributed by atoms with E-state index in [1.165, 1.54) is 12.1 Å². The molecule has 0 bridgehead atoms. The highest BCUT2D eigenvalue weighted by Gasteiger charge is 2.12. The molecule has 0 atom stereocenters. The van der Waals surface area contributed by atoms with E-state index in [-0.39, 0.29) is 5.02 Å². The average Bonchev–Trinajstić information content (AvgIpc) is 3.01. The van der Waals surface area contributed by atoms with Gasteiger partial charge in [0.25, 0.3) is 0 Å². The smallest absolute Gasteiger partial charge is 0.180 e. The van der Waals surface area contributed by atoms with Crippen LogP contribution in [0.1, 0.15) is 0 Å². The number of fused-ring (bicyclic) bond motifs is 3. The van der Waals surface area contributed by atoms with Crippen LogP contribution in [0.3, 0.4) is 0 Å². The van der Waals surface area contributed by atoms with E-state index in [0.29, 0.717) is 22.2 Å². The van der Waals surface area contributed by atoms with Crippen LogP contribution in [-0.4, -0.2) is 14.4 Å². The molecule has 0 amide bonds. The molecule has 0 radical (unpaired) electrons. The van der Waals surface area contributed by atoms with E-state index in [9.17, 15) is 4.39 Å². The van der Waals surface area contributed by atoms with Crippen molar-refractivity contribution >= 4 is 51.4 Å². The molecule has 2 aromatic carbocycles. The molecule has 7 heteroatoms. The Hall–Kier alpha value is -2.37. The van der Waals surface area contributed by atoms with Gasteiger partial charge in [-0.05, 0) is 30.3 Å². The largest absolute Gasteiger partial charge is 0.337 e. The summed E-state index contributed by atoms with van der Waals surface area (Å²) in [6.07, 6.45) is 3.48. The van der Waals surface area contributed by atoms with Gasteiger partial charge in [0, 0.05) is 18.1 Å². The second-order valence-electron chi connectivity index (χ2n) is 4.94. The minimum atomic E-state index is -0.471. The Bertz CT molecular complexity index is 1050. The van der Waals surface area contributed by atoms with Crippen molar-refractivity contribution in [1.29, 1.82) is 0 Å². The summed E-state index contributed by atoms with van der Waals surface area (Å²) in [6, 6.07) is 9.89. The van der Waals surface area contributed by atoms with E-state index in [1.54, 1.807) is 18.3 Å². The van der Waals surface area contributed by atoms with Crippen LogP contribution < -0.4 is 5.32 Å². The maximum atomic E-state index is 13.3. The van der Waals surface area contributed by atoms with E-state index >= 15 is 0 Å². The van der Waals surface area contributed by atoms with Gasteiger partial charge in [-0.3, -0.25) is 4.40 Å². The molecule has 0 saturated heterocycles. The third kappa shape index (κ3) is 2.38. The normalized spacial score (nSPS) is 11.3. The van der Waals surface area contributed by atoms with Crippen LogP contribution in [0, 0.1) is 5.82 Å². The van der Waals surface area contributed by atoms with E-state index in [0.717, 1.165) is 11.0 Å². The topological polar surface area (TPSA) is 42.2 Å². The lowest BCUT2D eigenvalue weighted by atomic mass is 10.3. The Morgan fingerprint density at radius 3 is 2.78 bits per heavy atom. The number of hydrogen-bond acceptors (Lipinski definition) is 3. The first-order valence-electron chi connectivity index (χ1n) is 6.77. The van der Waals surface area contributed by atoms with Gasteiger partial charge in [0.2, 0.25) is 0 Å². The monoisotopic (exact) mass is 346 g/mol. The first-order chi connectivity index (χ1) is 11.1. The fourth-order valence-corrected chi connectivity index (χ4v) is 2.90. The van der Waals surface area contributed by atoms with Crippen LogP contribution in [0.4, 0.5) is 15.9 Å². The van der Waals surface area contributed by atoms with Crippen LogP contribution in [0.2, 0.25) is 10.0 Å². The number of imidazole rings is 1. The van der Waals surface area contributed by atoms with Crippen LogP contribution in [0.25, 0.3) is 16.7 Å². The van der Waals surface area contributed by atoms with E-state index < -0.39 is 5.82 Å². The zero-order valence-corrected chi connectivity index (χ0v) is 13.1. The lowest BCUT2D eigenvalue weighted by molar-refractivity contribution is 0.628. The molecule has 4 aromatic rings. The van der Waals surface area contributed by atoms with Crippen molar-refractivity contribution in [2.75, 3.05) is 5.32 Å². The number of anilines is 2. The SMILES string of the molecule is Fc1ccc(Nc2nc3cccc(Cl)c3n3ccnc23)cc1Cl. The number of benzene rings is 2. The van der Waals surface area contributed by atoms with Crippen LogP contribution in [0.15, 0.2) is 48.8 Å². The summed E-state index contributed by atoms with van der Waals surface area (Å²) in [5.41, 5.74) is 2.74. The molecule has 1 N–H and O–H groups in total. The molecule has 4 nitrogen and oxygen atoms in total. The van der Waals surface area contributed by atoms with Crippen molar-refractivity contribution in [1.82, 2.24) is 14.4 Å². The Morgan fingerprint density at radius 1 is 1.09 bits per heavy atom. The number of para-hydroxylation sites is 1. The zero-order chi connectivity index (χ0) is 16.0. The van der Waals surface area contributed by atoms with Gasteiger partial charge in [-0.15, -0.1) is 0 Å². The van der Waals surface area contributed by atoms with E-state index in [1.807, 2.05) is 22.7 Å². The van der Waals surface area contributed by atoms with Crippen LogP contribution in [-0.2, 0) is 0 Å². The third-order valence-corrected chi connectivity index (χ3v) is 4.07. The summed E-state index contributed by atoms with van der Waals surface area (Å²) < 4.78 is 15.1. The standard InChI is InChI=1S/C16H9Cl2FN4/c17-10-2-1-3-13-14(10)23-7-6-20-16(23)15(22-13)21-9-4-5-12(19)11(18)8-9/h1-8H,(H,21,22). The second kappa shape index (κ2) is 5.37. The molecule has 0 aliphatic rings. The summed E-state index contributed by atoms with van der Waals surface area (Å²) in [7, 11) is 0. The fraction of sp³-hybridized carbons (Fsp3) is 0. The van der Waals surface area contributed by atoms with Crippen LogP contribution in [0.5, 0.6) is 0 Å². The van der Waals surface area contributed by atoms with Crippen LogP contribution >= 0.6 is 23.2 Å². The van der Waals surface area contributed by atoms with Gasteiger partial charge in [0.1, 0.15) is 5.82 Å². The van der Waals surface area contributed by atoms with Crippen molar-refractivity contribution in [3.05, 3.63) is 64.7 Å². The highest BCUT2D eigenvalue weighted by atomic mass is 35.5. The molecular weight excluding hydrogens is 338 g/mol. The summed E-state index contributed by atoms with van der Waals surface area (Å²) in [4.78, 5) is 8.89. The van der Waals surface area contributed by atoms with E-state index in [2.05, 4.69) is 15.3 Å². The maximum absolute atomic E-state index is 13.3. The highest BCUT2D eigenvalue weighted by Crippen LogP contribution is 2.29. The first kappa shape index (κ1) is 14.2. The number of nitrogens with zero attached hydrogens (tertiary/aromatic N) is 3. The van der Waals surface area contributed by atoms with Crippen molar-refractivity contribution in [2.45, 2.75) is 0 Å². The molecule has 0 unspecified atom stereocenters. The lowest BCUT2D eigenvalue weighted by Gasteiger charge is -2.11. The molecule has 23 heavy (non-hydrogen) atoms. The van der Waals surface area contributed by atoms with Gasteiger partial charge in [-0.1, -0.05) is 29.3 Å². The molecule has 0 spiro atoms. The fourth-order valence-electron chi connectivity index (χ4n) is 2.46. The molecule has 0 fully saturated rings. The minimum absolute atomic E-state index is 0.0400. The van der Waals surface area contributed by atoms with Gasteiger partial charge in [0.15, 0.2) is 11.5 Å². The zero-order valence-electron chi connectivity index (χ0n) is 11.6. The maximum Gasteiger partial charge on any atom is 0.180 e.